The van der Waals surface area contributed by atoms with E-state index in [1.54, 1.807) is 17.0 Å². The van der Waals surface area contributed by atoms with Gasteiger partial charge in [0.1, 0.15) is 11.9 Å². The number of carbonyl (C=O) groups is 1. The second-order valence-corrected chi connectivity index (χ2v) is 7.49. The molecule has 0 fully saturated rings. The van der Waals surface area contributed by atoms with E-state index in [-0.39, 0.29) is 11.7 Å². The number of halogens is 1. The Hall–Kier alpha value is -3.66. The second kappa shape index (κ2) is 7.64. The zero-order valence-electron chi connectivity index (χ0n) is 16.4. The van der Waals surface area contributed by atoms with Crippen molar-refractivity contribution in [3.63, 3.8) is 0 Å². The molecule has 3 aromatic carbocycles. The molecule has 2 heterocycles. The summed E-state index contributed by atoms with van der Waals surface area (Å²) in [5, 5.41) is 0. The summed E-state index contributed by atoms with van der Waals surface area (Å²) in [6.07, 6.45) is 1.99. The van der Waals surface area contributed by atoms with Crippen LogP contribution in [-0.2, 0) is 6.54 Å². The van der Waals surface area contributed by atoms with E-state index in [4.69, 9.17) is 0 Å². The van der Waals surface area contributed by atoms with Gasteiger partial charge in [0.05, 0.1) is 0 Å². The maximum absolute atomic E-state index is 14.7. The van der Waals surface area contributed by atoms with E-state index in [0.29, 0.717) is 24.2 Å². The van der Waals surface area contributed by atoms with E-state index >= 15 is 0 Å². The Labute approximate surface area is 175 Å². The summed E-state index contributed by atoms with van der Waals surface area (Å²) in [7, 11) is 0. The minimum absolute atomic E-state index is 0.0877. The van der Waals surface area contributed by atoms with Gasteiger partial charge < -0.3 is 9.47 Å². The van der Waals surface area contributed by atoms with Gasteiger partial charge in [0.25, 0.3) is 5.91 Å². The highest BCUT2D eigenvalue weighted by Gasteiger charge is 2.34. The Morgan fingerprint density at radius 1 is 0.767 bits per heavy atom. The molecule has 1 amide bonds. The molecular formula is C26H21FN2O. The number of fused-ring (bicyclic) bond motifs is 1. The van der Waals surface area contributed by atoms with Crippen molar-refractivity contribution in [2.45, 2.75) is 12.6 Å². The van der Waals surface area contributed by atoms with Crippen LogP contribution in [0.2, 0.25) is 0 Å². The van der Waals surface area contributed by atoms with Crippen molar-refractivity contribution in [3.05, 3.63) is 120 Å². The standard InChI is InChI=1S/C26H21FN2O/c27-23-10-5-4-9-22(23)25-24-11-6-16-28(24)17-18-29(25)26(30)21-14-12-20(13-15-21)19-7-2-1-3-8-19/h1-16,25H,17-18H2. The van der Waals surface area contributed by atoms with Gasteiger partial charge in [-0.05, 0) is 41.5 Å². The summed E-state index contributed by atoms with van der Waals surface area (Å²) in [6.45, 7) is 1.22. The van der Waals surface area contributed by atoms with Gasteiger partial charge in [0, 0.05) is 36.1 Å². The van der Waals surface area contributed by atoms with Crippen molar-refractivity contribution in [1.29, 1.82) is 0 Å². The molecule has 1 aliphatic heterocycles. The van der Waals surface area contributed by atoms with E-state index in [1.807, 2.05) is 79.0 Å². The Kier molecular flexibility index (Phi) is 4.68. The van der Waals surface area contributed by atoms with E-state index in [1.165, 1.54) is 6.07 Å². The fourth-order valence-corrected chi connectivity index (χ4v) is 4.23. The van der Waals surface area contributed by atoms with Gasteiger partial charge in [-0.15, -0.1) is 0 Å². The zero-order valence-corrected chi connectivity index (χ0v) is 16.4. The van der Waals surface area contributed by atoms with Gasteiger partial charge in [-0.3, -0.25) is 4.79 Å². The number of hydrogen-bond donors (Lipinski definition) is 0. The molecule has 4 aromatic rings. The molecule has 5 rings (SSSR count). The van der Waals surface area contributed by atoms with Gasteiger partial charge in [0.15, 0.2) is 0 Å². The topological polar surface area (TPSA) is 25.2 Å². The van der Waals surface area contributed by atoms with Crippen molar-refractivity contribution in [1.82, 2.24) is 9.47 Å². The van der Waals surface area contributed by atoms with E-state index < -0.39 is 6.04 Å². The molecule has 30 heavy (non-hydrogen) atoms. The monoisotopic (exact) mass is 396 g/mol. The van der Waals surface area contributed by atoms with E-state index in [9.17, 15) is 9.18 Å². The fourth-order valence-electron chi connectivity index (χ4n) is 4.23. The number of nitrogens with zero attached hydrogens (tertiary/aromatic N) is 2. The summed E-state index contributed by atoms with van der Waals surface area (Å²) < 4.78 is 16.8. The number of aromatic nitrogens is 1. The van der Waals surface area contributed by atoms with Crippen LogP contribution in [0.3, 0.4) is 0 Å². The minimum atomic E-state index is -0.448. The van der Waals surface area contributed by atoms with Crippen LogP contribution >= 0.6 is 0 Å². The molecule has 0 aliphatic carbocycles. The molecule has 3 nitrogen and oxygen atoms in total. The minimum Gasteiger partial charge on any atom is -0.348 e. The summed E-state index contributed by atoms with van der Waals surface area (Å²) in [6, 6.07) is 27.9. The lowest BCUT2D eigenvalue weighted by atomic mass is 9.97. The van der Waals surface area contributed by atoms with Crippen LogP contribution in [0.1, 0.15) is 27.7 Å². The molecule has 0 saturated heterocycles. The molecule has 0 radical (unpaired) electrons. The second-order valence-electron chi connectivity index (χ2n) is 7.49. The molecule has 148 valence electrons. The van der Waals surface area contributed by atoms with Gasteiger partial charge in [-0.25, -0.2) is 4.39 Å². The van der Waals surface area contributed by atoms with Crippen LogP contribution in [-0.4, -0.2) is 21.9 Å². The Morgan fingerprint density at radius 2 is 1.47 bits per heavy atom. The van der Waals surface area contributed by atoms with Crippen molar-refractivity contribution < 1.29 is 9.18 Å². The maximum atomic E-state index is 14.7. The smallest absolute Gasteiger partial charge is 0.254 e. The third-order valence-corrected chi connectivity index (χ3v) is 5.74. The van der Waals surface area contributed by atoms with Crippen molar-refractivity contribution in [3.8, 4) is 11.1 Å². The summed E-state index contributed by atoms with van der Waals surface area (Å²) in [4.78, 5) is 15.3. The van der Waals surface area contributed by atoms with Crippen LogP contribution in [0, 0.1) is 5.82 Å². The van der Waals surface area contributed by atoms with Crippen LogP contribution in [0.5, 0.6) is 0 Å². The molecule has 1 atom stereocenters. The number of hydrogen-bond acceptors (Lipinski definition) is 1. The molecule has 0 spiro atoms. The first-order chi connectivity index (χ1) is 14.7. The Balaban J connectivity index is 1.51. The lowest BCUT2D eigenvalue weighted by molar-refractivity contribution is 0.0661. The number of benzene rings is 3. The van der Waals surface area contributed by atoms with Gasteiger partial charge >= 0.3 is 0 Å². The molecule has 4 heteroatoms. The van der Waals surface area contributed by atoms with Gasteiger partial charge in [0.2, 0.25) is 0 Å². The summed E-state index contributed by atoms with van der Waals surface area (Å²) in [5.74, 6) is -0.385. The predicted molar refractivity (Wildman–Crippen MR) is 116 cm³/mol. The third-order valence-electron chi connectivity index (χ3n) is 5.74. The zero-order chi connectivity index (χ0) is 20.5. The lowest BCUT2D eigenvalue weighted by Gasteiger charge is -2.37. The predicted octanol–water partition coefficient (Wildman–Crippen LogP) is 5.54. The van der Waals surface area contributed by atoms with Crippen LogP contribution in [0.25, 0.3) is 11.1 Å². The van der Waals surface area contributed by atoms with E-state index in [2.05, 4.69) is 4.57 Å². The first-order valence-corrected chi connectivity index (χ1v) is 10.1. The molecule has 1 unspecified atom stereocenters. The lowest BCUT2D eigenvalue weighted by Crippen LogP contribution is -2.42. The van der Waals surface area contributed by atoms with Gasteiger partial charge in [-0.2, -0.15) is 0 Å². The largest absolute Gasteiger partial charge is 0.348 e. The summed E-state index contributed by atoms with van der Waals surface area (Å²) >= 11 is 0. The average Bonchev–Trinajstić information content (AvgIpc) is 3.28. The molecule has 0 N–H and O–H groups in total. The van der Waals surface area contributed by atoms with Crippen molar-refractivity contribution >= 4 is 5.91 Å². The maximum Gasteiger partial charge on any atom is 0.254 e. The fraction of sp³-hybridized carbons (Fsp3) is 0.115. The van der Waals surface area contributed by atoms with Crippen LogP contribution in [0.15, 0.2) is 97.2 Å². The summed E-state index contributed by atoms with van der Waals surface area (Å²) in [5.41, 5.74) is 4.23. The first-order valence-electron chi connectivity index (χ1n) is 10.1. The average molecular weight is 396 g/mol. The van der Waals surface area contributed by atoms with E-state index in [0.717, 1.165) is 16.8 Å². The highest BCUT2D eigenvalue weighted by molar-refractivity contribution is 5.95. The Bertz CT molecular complexity index is 1180. The quantitative estimate of drug-likeness (QED) is 0.446. The highest BCUT2D eigenvalue weighted by Crippen LogP contribution is 2.35. The highest BCUT2D eigenvalue weighted by atomic mass is 19.1. The van der Waals surface area contributed by atoms with Crippen LogP contribution < -0.4 is 0 Å². The molecule has 1 aliphatic rings. The normalized spacial score (nSPS) is 15.6. The van der Waals surface area contributed by atoms with Gasteiger partial charge in [-0.1, -0.05) is 60.7 Å². The van der Waals surface area contributed by atoms with Crippen LogP contribution in [0.4, 0.5) is 4.39 Å². The molecule has 0 saturated carbocycles. The number of rotatable bonds is 3. The first kappa shape index (κ1) is 18.4. The molecule has 0 bridgehead atoms. The Morgan fingerprint density at radius 3 is 2.23 bits per heavy atom. The third kappa shape index (κ3) is 3.20. The van der Waals surface area contributed by atoms with Crippen molar-refractivity contribution in [2.24, 2.45) is 0 Å². The molecule has 1 aromatic heterocycles. The van der Waals surface area contributed by atoms with Crippen molar-refractivity contribution in [2.75, 3.05) is 6.54 Å². The number of carbonyl (C=O) groups excluding carboxylic acids is 1. The SMILES string of the molecule is O=C(c1ccc(-c2ccccc2)cc1)N1CCn2cccc2C1c1ccccc1F. The molecular weight excluding hydrogens is 375 g/mol. The number of amides is 1.